The van der Waals surface area contributed by atoms with Crippen molar-refractivity contribution >= 4 is 34.9 Å². The van der Waals surface area contributed by atoms with E-state index in [0.717, 1.165) is 0 Å². The van der Waals surface area contributed by atoms with Crippen molar-refractivity contribution < 1.29 is 18.7 Å². The smallest absolute Gasteiger partial charge is 0.356 e. The number of carboxylic acid groups (broad SMARTS) is 1. The van der Waals surface area contributed by atoms with E-state index in [0.29, 0.717) is 0 Å². The molecular formula is C15H12Cl2F2N2O2. The number of hydrogen-bond acceptors (Lipinski definition) is 3. The molecule has 0 radical (unpaired) electrons. The maximum atomic E-state index is 14.6. The third-order valence-electron chi connectivity index (χ3n) is 3.26. The van der Waals surface area contributed by atoms with Crippen molar-refractivity contribution in [2.75, 3.05) is 5.73 Å². The number of rotatable bonds is 4. The van der Waals surface area contributed by atoms with Crippen molar-refractivity contribution in [3.8, 4) is 11.3 Å². The van der Waals surface area contributed by atoms with E-state index in [1.165, 1.54) is 18.2 Å². The largest absolute Gasteiger partial charge is 0.476 e. The van der Waals surface area contributed by atoms with Crippen LogP contribution in [0.5, 0.6) is 0 Å². The van der Waals surface area contributed by atoms with Gasteiger partial charge in [0.2, 0.25) is 0 Å². The average Bonchev–Trinajstić information content (AvgIpc) is 2.49. The summed E-state index contributed by atoms with van der Waals surface area (Å²) in [5, 5.41) is 8.78. The Balaban J connectivity index is 2.71. The highest BCUT2D eigenvalue weighted by atomic mass is 35.5. The van der Waals surface area contributed by atoms with Gasteiger partial charge in [0, 0.05) is 16.1 Å². The van der Waals surface area contributed by atoms with Gasteiger partial charge >= 0.3 is 5.97 Å². The first-order valence-electron chi connectivity index (χ1n) is 6.59. The summed E-state index contributed by atoms with van der Waals surface area (Å²) in [4.78, 5) is 14.9. The molecule has 0 saturated carbocycles. The van der Waals surface area contributed by atoms with E-state index in [1.54, 1.807) is 6.92 Å². The quantitative estimate of drug-likeness (QED) is 0.813. The highest BCUT2D eigenvalue weighted by Crippen LogP contribution is 2.37. The second-order valence-corrected chi connectivity index (χ2v) is 5.55. The van der Waals surface area contributed by atoms with E-state index in [4.69, 9.17) is 34.0 Å². The molecule has 23 heavy (non-hydrogen) atoms. The van der Waals surface area contributed by atoms with Crippen LogP contribution in [0, 0.1) is 5.82 Å². The fourth-order valence-electron chi connectivity index (χ4n) is 2.09. The minimum atomic E-state index is -1.59. The van der Waals surface area contributed by atoms with Crippen LogP contribution in [0.15, 0.2) is 18.2 Å². The zero-order valence-corrected chi connectivity index (χ0v) is 13.4. The number of pyridine rings is 1. The molecular weight excluding hydrogens is 349 g/mol. The topological polar surface area (TPSA) is 76.2 Å². The number of carboxylic acids is 1. The van der Waals surface area contributed by atoms with Gasteiger partial charge in [-0.25, -0.2) is 18.6 Å². The van der Waals surface area contributed by atoms with E-state index >= 15 is 0 Å². The summed E-state index contributed by atoms with van der Waals surface area (Å²) in [6.45, 7) is 1.55. The number of nitrogens with two attached hydrogens (primary N) is 1. The van der Waals surface area contributed by atoms with Crippen LogP contribution in [-0.2, 0) is 0 Å². The Labute approximate surface area is 140 Å². The normalized spacial score (nSPS) is 12.2. The minimum absolute atomic E-state index is 0.0383. The molecule has 8 heteroatoms. The molecule has 0 fully saturated rings. The molecule has 2 rings (SSSR count). The summed E-state index contributed by atoms with van der Waals surface area (Å²) >= 11 is 11.6. The Morgan fingerprint density at radius 2 is 2.09 bits per heavy atom. The number of nitrogens with zero attached hydrogens (tertiary/aromatic N) is 1. The summed E-state index contributed by atoms with van der Waals surface area (Å²) in [6, 6.07) is 3.83. The number of benzene rings is 1. The van der Waals surface area contributed by atoms with Crippen LogP contribution in [0.4, 0.5) is 14.5 Å². The van der Waals surface area contributed by atoms with Crippen LogP contribution in [0.25, 0.3) is 11.3 Å². The van der Waals surface area contributed by atoms with E-state index in [2.05, 4.69) is 4.98 Å². The SMILES string of the molecule is CCC(F)c1c(Cl)ccc(-c2cc(N)c(Cl)c(C(=O)O)n2)c1F. The molecule has 3 N–H and O–H groups in total. The predicted octanol–water partition coefficient (Wildman–Crippen LogP) is 4.90. The Kier molecular flexibility index (Phi) is 5.06. The number of nitrogen functional groups attached to an aromatic ring is 1. The number of anilines is 1. The van der Waals surface area contributed by atoms with Crippen LogP contribution in [0.2, 0.25) is 10.0 Å². The summed E-state index contributed by atoms with van der Waals surface area (Å²) in [5.41, 5.74) is 4.60. The molecule has 0 aliphatic carbocycles. The lowest BCUT2D eigenvalue weighted by atomic mass is 10.0. The Hall–Kier alpha value is -1.92. The van der Waals surface area contributed by atoms with Gasteiger partial charge in [-0.3, -0.25) is 0 Å². The van der Waals surface area contributed by atoms with Crippen molar-refractivity contribution in [3.05, 3.63) is 45.3 Å². The van der Waals surface area contributed by atoms with Crippen LogP contribution in [0.1, 0.15) is 35.6 Å². The van der Waals surface area contributed by atoms with E-state index in [1.807, 2.05) is 0 Å². The van der Waals surface area contributed by atoms with E-state index < -0.39 is 23.7 Å². The molecule has 0 amide bonds. The molecule has 1 aromatic heterocycles. The van der Waals surface area contributed by atoms with Gasteiger partial charge in [-0.05, 0) is 24.6 Å². The monoisotopic (exact) mass is 360 g/mol. The van der Waals surface area contributed by atoms with Gasteiger partial charge in [0.1, 0.15) is 12.0 Å². The Morgan fingerprint density at radius 3 is 2.65 bits per heavy atom. The van der Waals surface area contributed by atoms with Crippen molar-refractivity contribution in [2.24, 2.45) is 0 Å². The maximum absolute atomic E-state index is 14.6. The van der Waals surface area contributed by atoms with Gasteiger partial charge in [0.05, 0.1) is 16.4 Å². The number of hydrogen-bond donors (Lipinski definition) is 2. The molecule has 1 unspecified atom stereocenters. The van der Waals surface area contributed by atoms with Crippen molar-refractivity contribution in [2.45, 2.75) is 19.5 Å². The van der Waals surface area contributed by atoms with Crippen LogP contribution >= 0.6 is 23.2 Å². The zero-order chi connectivity index (χ0) is 17.3. The molecule has 1 aromatic carbocycles. The van der Waals surface area contributed by atoms with Gasteiger partial charge in [-0.2, -0.15) is 0 Å². The van der Waals surface area contributed by atoms with Gasteiger partial charge in [-0.1, -0.05) is 30.1 Å². The summed E-state index contributed by atoms with van der Waals surface area (Å²) < 4.78 is 28.6. The van der Waals surface area contributed by atoms with Gasteiger partial charge in [-0.15, -0.1) is 0 Å². The molecule has 0 bridgehead atoms. The second kappa shape index (κ2) is 6.68. The molecule has 0 saturated heterocycles. The molecule has 4 nitrogen and oxygen atoms in total. The lowest BCUT2D eigenvalue weighted by molar-refractivity contribution is 0.0691. The Bertz CT molecular complexity index is 785. The molecule has 2 aromatic rings. The molecule has 0 aliphatic rings. The second-order valence-electron chi connectivity index (χ2n) is 4.76. The number of aromatic nitrogens is 1. The molecule has 0 spiro atoms. The molecule has 1 heterocycles. The zero-order valence-electron chi connectivity index (χ0n) is 11.9. The highest BCUT2D eigenvalue weighted by molar-refractivity contribution is 6.35. The average molecular weight is 361 g/mol. The Morgan fingerprint density at radius 1 is 1.43 bits per heavy atom. The highest BCUT2D eigenvalue weighted by Gasteiger charge is 2.23. The predicted molar refractivity (Wildman–Crippen MR) is 85.2 cm³/mol. The van der Waals surface area contributed by atoms with E-state index in [9.17, 15) is 13.6 Å². The molecule has 0 aliphatic heterocycles. The lowest BCUT2D eigenvalue weighted by Gasteiger charge is -2.14. The van der Waals surface area contributed by atoms with Crippen molar-refractivity contribution in [1.82, 2.24) is 4.98 Å². The maximum Gasteiger partial charge on any atom is 0.356 e. The number of alkyl halides is 1. The van der Waals surface area contributed by atoms with E-state index in [-0.39, 0.29) is 39.0 Å². The van der Waals surface area contributed by atoms with Gasteiger partial charge < -0.3 is 10.8 Å². The third-order valence-corrected chi connectivity index (χ3v) is 3.99. The lowest BCUT2D eigenvalue weighted by Crippen LogP contribution is -2.06. The van der Waals surface area contributed by atoms with Gasteiger partial charge in [0.15, 0.2) is 5.69 Å². The van der Waals surface area contributed by atoms with Crippen LogP contribution < -0.4 is 5.73 Å². The van der Waals surface area contributed by atoms with Crippen molar-refractivity contribution in [3.63, 3.8) is 0 Å². The summed E-state index contributed by atoms with van der Waals surface area (Å²) in [5.74, 6) is -2.31. The minimum Gasteiger partial charge on any atom is -0.476 e. The summed E-state index contributed by atoms with van der Waals surface area (Å²) in [7, 11) is 0. The first kappa shape index (κ1) is 17.4. The number of carbonyl (C=O) groups is 1. The standard InChI is InChI=1S/C15H12Cl2F2N2O2/c1-2-8(18)11-7(16)4-3-6(13(11)19)10-5-9(20)12(17)14(21-10)15(22)23/h3-5,8H,2H2,1H3,(H2,20,21)(H,22,23). The first-order chi connectivity index (χ1) is 10.8. The number of aromatic carboxylic acids is 1. The number of halogens is 4. The molecule has 122 valence electrons. The third kappa shape index (κ3) is 3.23. The summed E-state index contributed by atoms with van der Waals surface area (Å²) in [6.07, 6.45) is -1.55. The van der Waals surface area contributed by atoms with Crippen LogP contribution in [0.3, 0.4) is 0 Å². The fourth-order valence-corrected chi connectivity index (χ4v) is 2.53. The van der Waals surface area contributed by atoms with Crippen LogP contribution in [-0.4, -0.2) is 16.1 Å². The fraction of sp³-hybridized carbons (Fsp3) is 0.200. The first-order valence-corrected chi connectivity index (χ1v) is 7.35. The van der Waals surface area contributed by atoms with Gasteiger partial charge in [0.25, 0.3) is 0 Å². The molecule has 1 atom stereocenters. The van der Waals surface area contributed by atoms with Crippen molar-refractivity contribution in [1.29, 1.82) is 0 Å².